The molecule has 0 aromatic rings. The number of likely N-dealkylation sites (tertiary alicyclic amines) is 2. The fraction of sp³-hybridized carbons (Fsp3) is 0.938. The molecule has 3 aliphatic heterocycles. The second-order valence-electron chi connectivity index (χ2n) is 7.09. The molecule has 0 saturated carbocycles. The van der Waals surface area contributed by atoms with Crippen LogP contribution in [0.15, 0.2) is 4.99 Å². The molecule has 1 spiro atoms. The number of nitrogens with zero attached hydrogens (tertiary/aromatic N) is 3. The second kappa shape index (κ2) is 8.15. The molecular weight excluding hydrogens is 391 g/mol. The van der Waals surface area contributed by atoms with E-state index in [4.69, 9.17) is 9.73 Å². The Morgan fingerprint density at radius 3 is 2.86 bits per heavy atom. The smallest absolute Gasteiger partial charge is 0.193 e. The maximum Gasteiger partial charge on any atom is 0.193 e. The van der Waals surface area contributed by atoms with Crippen molar-refractivity contribution in [3.8, 4) is 0 Å². The monoisotopic (exact) mass is 422 g/mol. The highest BCUT2D eigenvalue weighted by molar-refractivity contribution is 14.0. The number of hydrogen-bond acceptors (Lipinski definition) is 3. The Labute approximate surface area is 151 Å². The van der Waals surface area contributed by atoms with Gasteiger partial charge in [-0.2, -0.15) is 0 Å². The second-order valence-corrected chi connectivity index (χ2v) is 7.09. The topological polar surface area (TPSA) is 40.1 Å². The Hall–Kier alpha value is -0.0800. The van der Waals surface area contributed by atoms with Crippen molar-refractivity contribution >= 4 is 29.9 Å². The van der Waals surface area contributed by atoms with Crippen LogP contribution in [0.2, 0.25) is 0 Å². The van der Waals surface area contributed by atoms with E-state index in [1.165, 1.54) is 32.4 Å². The summed E-state index contributed by atoms with van der Waals surface area (Å²) in [7, 11) is 2.21. The summed E-state index contributed by atoms with van der Waals surface area (Å²) in [5, 5.41) is 3.49. The Bertz CT molecular complexity index is 384. The van der Waals surface area contributed by atoms with E-state index in [-0.39, 0.29) is 24.0 Å². The fourth-order valence-corrected chi connectivity index (χ4v) is 3.90. The molecule has 128 valence electrons. The van der Waals surface area contributed by atoms with E-state index < -0.39 is 0 Å². The molecule has 3 aliphatic rings. The summed E-state index contributed by atoms with van der Waals surface area (Å²) >= 11 is 0. The van der Waals surface area contributed by atoms with Crippen molar-refractivity contribution in [2.45, 2.75) is 26.2 Å². The lowest BCUT2D eigenvalue weighted by atomic mass is 9.87. The van der Waals surface area contributed by atoms with Crippen LogP contribution in [-0.2, 0) is 4.74 Å². The molecule has 0 amide bonds. The third kappa shape index (κ3) is 4.26. The first kappa shape index (κ1) is 18.3. The van der Waals surface area contributed by atoms with Gasteiger partial charge in [0, 0.05) is 44.7 Å². The van der Waals surface area contributed by atoms with Gasteiger partial charge in [-0.25, -0.2) is 0 Å². The molecule has 3 rings (SSSR count). The molecule has 3 heterocycles. The van der Waals surface area contributed by atoms with Crippen molar-refractivity contribution in [2.24, 2.45) is 16.3 Å². The Morgan fingerprint density at radius 1 is 1.36 bits per heavy atom. The van der Waals surface area contributed by atoms with Crippen molar-refractivity contribution in [1.29, 1.82) is 0 Å². The quantitative estimate of drug-likeness (QED) is 0.427. The molecule has 3 saturated heterocycles. The molecule has 2 unspecified atom stereocenters. The van der Waals surface area contributed by atoms with Crippen molar-refractivity contribution in [3.63, 3.8) is 0 Å². The standard InChI is InChI=1S/C16H30N4O.HI/c1-3-17-15(18-10-14-4-7-19(2)11-14)20-8-5-16(12-20)6-9-21-13-16;/h14H,3-13H2,1-2H3,(H,17,18);1H. The number of rotatable bonds is 3. The zero-order valence-electron chi connectivity index (χ0n) is 14.0. The van der Waals surface area contributed by atoms with Crippen molar-refractivity contribution < 1.29 is 4.74 Å². The summed E-state index contributed by atoms with van der Waals surface area (Å²) in [5.41, 5.74) is 0.407. The highest BCUT2D eigenvalue weighted by atomic mass is 127. The van der Waals surface area contributed by atoms with Crippen LogP contribution in [0.1, 0.15) is 26.2 Å². The van der Waals surface area contributed by atoms with Crippen LogP contribution in [0.4, 0.5) is 0 Å². The number of hydrogen-bond donors (Lipinski definition) is 1. The predicted molar refractivity (Wildman–Crippen MR) is 101 cm³/mol. The number of halogens is 1. The third-order valence-electron chi connectivity index (χ3n) is 5.25. The lowest BCUT2D eigenvalue weighted by molar-refractivity contribution is 0.156. The number of aliphatic imine (C=N–C) groups is 1. The van der Waals surface area contributed by atoms with E-state index in [9.17, 15) is 0 Å². The third-order valence-corrected chi connectivity index (χ3v) is 5.25. The molecule has 0 radical (unpaired) electrons. The average molecular weight is 422 g/mol. The lowest BCUT2D eigenvalue weighted by Crippen LogP contribution is -2.41. The van der Waals surface area contributed by atoms with Gasteiger partial charge in [-0.3, -0.25) is 4.99 Å². The first-order valence-corrected chi connectivity index (χ1v) is 8.50. The molecular formula is C16H31IN4O. The van der Waals surface area contributed by atoms with E-state index in [2.05, 4.69) is 29.1 Å². The van der Waals surface area contributed by atoms with Gasteiger partial charge in [0.05, 0.1) is 6.61 Å². The van der Waals surface area contributed by atoms with Crippen LogP contribution in [0.25, 0.3) is 0 Å². The van der Waals surface area contributed by atoms with Gasteiger partial charge >= 0.3 is 0 Å². The maximum atomic E-state index is 5.63. The van der Waals surface area contributed by atoms with Crippen molar-refractivity contribution in [2.75, 3.05) is 59.5 Å². The van der Waals surface area contributed by atoms with Crippen LogP contribution in [0, 0.1) is 11.3 Å². The SMILES string of the molecule is CCNC(=NCC1CCN(C)C1)N1CCC2(CCOC2)C1.I. The van der Waals surface area contributed by atoms with Gasteiger partial charge in [0.25, 0.3) is 0 Å². The minimum atomic E-state index is 0. The molecule has 6 heteroatoms. The molecule has 22 heavy (non-hydrogen) atoms. The normalized spacial score (nSPS) is 32.7. The largest absolute Gasteiger partial charge is 0.381 e. The Morgan fingerprint density at radius 2 is 2.23 bits per heavy atom. The van der Waals surface area contributed by atoms with E-state index in [1.807, 2.05) is 0 Å². The summed E-state index contributed by atoms with van der Waals surface area (Å²) in [6.45, 7) is 10.6. The average Bonchev–Trinajstić information content (AvgIpc) is 3.19. The zero-order chi connectivity index (χ0) is 14.7. The van der Waals surface area contributed by atoms with Gasteiger partial charge in [-0.15, -0.1) is 24.0 Å². The first-order valence-electron chi connectivity index (χ1n) is 8.50. The highest BCUT2D eigenvalue weighted by Gasteiger charge is 2.42. The highest BCUT2D eigenvalue weighted by Crippen LogP contribution is 2.38. The van der Waals surface area contributed by atoms with Crippen LogP contribution >= 0.6 is 24.0 Å². The minimum Gasteiger partial charge on any atom is -0.381 e. The van der Waals surface area contributed by atoms with Gasteiger partial charge in [0.15, 0.2) is 5.96 Å². The summed E-state index contributed by atoms with van der Waals surface area (Å²) in [5.74, 6) is 1.85. The van der Waals surface area contributed by atoms with Gasteiger partial charge in [-0.05, 0) is 45.7 Å². The van der Waals surface area contributed by atoms with Crippen LogP contribution in [-0.4, -0.2) is 75.3 Å². The molecule has 0 aromatic heterocycles. The Kier molecular flexibility index (Phi) is 6.76. The molecule has 0 bridgehead atoms. The van der Waals surface area contributed by atoms with Gasteiger partial charge in [-0.1, -0.05) is 0 Å². The van der Waals surface area contributed by atoms with E-state index in [0.717, 1.165) is 51.3 Å². The van der Waals surface area contributed by atoms with E-state index in [1.54, 1.807) is 0 Å². The van der Waals surface area contributed by atoms with Crippen molar-refractivity contribution in [1.82, 2.24) is 15.1 Å². The fourth-order valence-electron chi connectivity index (χ4n) is 3.90. The van der Waals surface area contributed by atoms with Crippen LogP contribution in [0.5, 0.6) is 0 Å². The molecule has 3 fully saturated rings. The van der Waals surface area contributed by atoms with E-state index in [0.29, 0.717) is 5.41 Å². The molecule has 2 atom stereocenters. The van der Waals surface area contributed by atoms with Gasteiger partial charge < -0.3 is 19.9 Å². The number of ether oxygens (including phenoxy) is 1. The molecule has 5 nitrogen and oxygen atoms in total. The summed E-state index contributed by atoms with van der Waals surface area (Å²) in [4.78, 5) is 9.80. The summed E-state index contributed by atoms with van der Waals surface area (Å²) in [6.07, 6.45) is 3.76. The number of guanidine groups is 1. The maximum absolute atomic E-state index is 5.63. The van der Waals surface area contributed by atoms with Crippen LogP contribution < -0.4 is 5.32 Å². The van der Waals surface area contributed by atoms with Gasteiger partial charge in [0.1, 0.15) is 0 Å². The lowest BCUT2D eigenvalue weighted by Gasteiger charge is -2.25. The predicted octanol–water partition coefficient (Wildman–Crippen LogP) is 1.63. The van der Waals surface area contributed by atoms with E-state index >= 15 is 0 Å². The Balaban J connectivity index is 0.00000176. The van der Waals surface area contributed by atoms with Crippen LogP contribution in [0.3, 0.4) is 0 Å². The molecule has 0 aromatic carbocycles. The summed E-state index contributed by atoms with van der Waals surface area (Å²) in [6, 6.07) is 0. The zero-order valence-corrected chi connectivity index (χ0v) is 16.3. The number of nitrogens with one attached hydrogen (secondary N) is 1. The summed E-state index contributed by atoms with van der Waals surface area (Å²) < 4.78 is 5.63. The van der Waals surface area contributed by atoms with Gasteiger partial charge in [0.2, 0.25) is 0 Å². The first-order chi connectivity index (χ1) is 10.2. The molecule has 1 N–H and O–H groups in total. The van der Waals surface area contributed by atoms with Crippen molar-refractivity contribution in [3.05, 3.63) is 0 Å². The molecule has 0 aliphatic carbocycles. The minimum absolute atomic E-state index is 0.